The standard InChI is InChI=1S/C58H90F3NO16/c1-36-15-11-10-12-16-37(2)48(76-28-27-73-25-26-74-35-57(59,60)61)33-44-20-18-42(7)58(70,78-44)54(67)55(68)62-22-14-13-17-45(62)56(69)77-49(39(4)31-43-19-21-47(75-24-23-63)50(32-43)71-8)34-46(64)38(3)30-41(6)52(66)53(72-9)51(65)40(5)29-36/h10-12,15-16,30,36,38-40,42-45,47-50,52-53,63,66,70H,13-14,17-29,31-35H2,1-9H3/b12-10+,15-11+,37-16+,41-30+/t36-,38-,39-,40-,42-,43?,44+,45+,47-,48-,49?,50-,52-,53+,58-/m1/s1. The van der Waals surface area contributed by atoms with Crippen molar-refractivity contribution in [2.75, 3.05) is 67.0 Å². The molecule has 15 atom stereocenters. The number of ether oxygens (including phenoxy) is 8. The van der Waals surface area contributed by atoms with E-state index in [1.165, 1.54) is 7.11 Å². The van der Waals surface area contributed by atoms with Crippen LogP contribution in [0.15, 0.2) is 47.6 Å². The van der Waals surface area contributed by atoms with E-state index in [-0.39, 0.29) is 107 Å². The Balaban J connectivity index is 1.68. The van der Waals surface area contributed by atoms with Gasteiger partial charge in [0.1, 0.15) is 36.7 Å². The number of carbonyl (C=O) groups excluding carboxylic acids is 5. The number of fused-ring (bicyclic) bond motifs is 3. The Morgan fingerprint density at radius 2 is 1.54 bits per heavy atom. The molecule has 1 aliphatic carbocycles. The van der Waals surface area contributed by atoms with Crippen LogP contribution in [0.3, 0.4) is 0 Å². The first-order chi connectivity index (χ1) is 36.9. The first-order valence-corrected chi connectivity index (χ1v) is 28.0. The van der Waals surface area contributed by atoms with Gasteiger partial charge in [-0.05, 0) is 107 Å². The number of esters is 1. The number of allylic oxidation sites excluding steroid dienone is 6. The van der Waals surface area contributed by atoms with E-state index < -0.39 is 90.5 Å². The third-order valence-electron chi connectivity index (χ3n) is 15.8. The number of methoxy groups -OCH3 is 2. The van der Waals surface area contributed by atoms with Crippen LogP contribution in [-0.2, 0) is 61.9 Å². The third kappa shape index (κ3) is 20.4. The maximum Gasteiger partial charge on any atom is 0.411 e. The number of aliphatic hydroxyl groups excluding tert-OH is 2. The Hall–Kier alpha value is -3.70. The average Bonchev–Trinajstić information content (AvgIpc) is 3.43. The van der Waals surface area contributed by atoms with Crippen LogP contribution in [0.1, 0.15) is 126 Å². The van der Waals surface area contributed by atoms with Crippen LogP contribution in [0.2, 0.25) is 0 Å². The van der Waals surface area contributed by atoms with E-state index in [0.29, 0.717) is 56.9 Å². The first kappa shape index (κ1) is 66.8. The van der Waals surface area contributed by atoms with E-state index in [0.717, 1.165) is 16.9 Å². The van der Waals surface area contributed by atoms with Crippen LogP contribution in [0, 0.1) is 35.5 Å². The van der Waals surface area contributed by atoms with Gasteiger partial charge in [-0.25, -0.2) is 4.79 Å². The molecule has 444 valence electrons. The molecule has 20 heteroatoms. The van der Waals surface area contributed by atoms with Gasteiger partial charge >= 0.3 is 12.1 Å². The van der Waals surface area contributed by atoms with Crippen LogP contribution >= 0.6 is 0 Å². The molecule has 4 rings (SSSR count). The number of Topliss-reactive ketones (excluding diaryl/α,β-unsaturated/α-hetero) is 3. The monoisotopic (exact) mass is 1110 g/mol. The fourth-order valence-corrected chi connectivity index (χ4v) is 11.1. The summed E-state index contributed by atoms with van der Waals surface area (Å²) in [5, 5.41) is 33.1. The van der Waals surface area contributed by atoms with Gasteiger partial charge in [0.2, 0.25) is 5.79 Å². The van der Waals surface area contributed by atoms with Crippen molar-refractivity contribution < 1.29 is 90.4 Å². The number of hydrogen-bond donors (Lipinski definition) is 3. The molecule has 3 heterocycles. The molecule has 78 heavy (non-hydrogen) atoms. The molecule has 2 unspecified atom stereocenters. The molecule has 0 aromatic rings. The highest BCUT2D eigenvalue weighted by Crippen LogP contribution is 2.38. The predicted molar refractivity (Wildman–Crippen MR) is 283 cm³/mol. The summed E-state index contributed by atoms with van der Waals surface area (Å²) in [4.78, 5) is 72.8. The Morgan fingerprint density at radius 3 is 2.23 bits per heavy atom. The lowest BCUT2D eigenvalue weighted by Gasteiger charge is -2.43. The van der Waals surface area contributed by atoms with Gasteiger partial charge in [-0.1, -0.05) is 71.1 Å². The van der Waals surface area contributed by atoms with Gasteiger partial charge < -0.3 is 58.1 Å². The van der Waals surface area contributed by atoms with Crippen molar-refractivity contribution in [1.29, 1.82) is 0 Å². The molecule has 0 aromatic carbocycles. The minimum atomic E-state index is -4.46. The van der Waals surface area contributed by atoms with E-state index in [1.54, 1.807) is 53.0 Å². The van der Waals surface area contributed by atoms with Gasteiger partial charge in [0, 0.05) is 51.4 Å². The molecular weight excluding hydrogens is 1020 g/mol. The predicted octanol–water partition coefficient (Wildman–Crippen LogP) is 7.16. The van der Waals surface area contributed by atoms with Crippen molar-refractivity contribution in [2.45, 2.75) is 186 Å². The number of hydrogen-bond acceptors (Lipinski definition) is 16. The summed E-state index contributed by atoms with van der Waals surface area (Å²) in [6, 6.07) is -1.22. The average molecular weight is 1110 g/mol. The summed E-state index contributed by atoms with van der Waals surface area (Å²) in [7, 11) is 2.96. The quantitative estimate of drug-likeness (QED) is 0.0604. The molecule has 17 nitrogen and oxygen atoms in total. The third-order valence-corrected chi connectivity index (χ3v) is 15.8. The lowest BCUT2D eigenvalue weighted by molar-refractivity contribution is -0.266. The minimum Gasteiger partial charge on any atom is -0.460 e. The number of ketones is 3. The van der Waals surface area contributed by atoms with Gasteiger partial charge in [-0.3, -0.25) is 19.2 Å². The van der Waals surface area contributed by atoms with Gasteiger partial charge in [-0.2, -0.15) is 13.2 Å². The maximum atomic E-state index is 14.6. The minimum absolute atomic E-state index is 0.0165. The van der Waals surface area contributed by atoms with E-state index in [4.69, 9.17) is 33.2 Å². The number of amides is 1. The highest BCUT2D eigenvalue weighted by molar-refractivity contribution is 6.39. The van der Waals surface area contributed by atoms with Crippen molar-refractivity contribution in [3.8, 4) is 0 Å². The number of alkyl halides is 3. The summed E-state index contributed by atoms with van der Waals surface area (Å²) in [6.07, 6.45) is 5.60. The summed E-state index contributed by atoms with van der Waals surface area (Å²) in [5.41, 5.74) is 1.07. The second kappa shape index (κ2) is 32.7. The lowest BCUT2D eigenvalue weighted by Crippen LogP contribution is -2.61. The summed E-state index contributed by atoms with van der Waals surface area (Å²) in [6.45, 7) is 10.7. The van der Waals surface area contributed by atoms with Crippen molar-refractivity contribution in [2.24, 2.45) is 35.5 Å². The van der Waals surface area contributed by atoms with Gasteiger partial charge in [0.25, 0.3) is 11.7 Å². The number of piperidine rings is 1. The molecule has 1 saturated carbocycles. The van der Waals surface area contributed by atoms with Crippen LogP contribution in [-0.4, -0.2) is 177 Å². The van der Waals surface area contributed by atoms with Crippen molar-refractivity contribution in [3.63, 3.8) is 0 Å². The molecule has 2 saturated heterocycles. The largest absolute Gasteiger partial charge is 0.460 e. The number of halogens is 3. The topological polar surface area (TPSA) is 223 Å². The van der Waals surface area contributed by atoms with E-state index in [9.17, 15) is 52.5 Å². The Morgan fingerprint density at radius 1 is 0.821 bits per heavy atom. The number of aliphatic hydroxyl groups is 3. The molecule has 3 N–H and O–H groups in total. The molecule has 0 spiro atoms. The fraction of sp³-hybridized carbons (Fsp3) is 0.776. The van der Waals surface area contributed by atoms with Gasteiger partial charge in [0.15, 0.2) is 5.78 Å². The zero-order valence-corrected chi connectivity index (χ0v) is 47.4. The van der Waals surface area contributed by atoms with Crippen LogP contribution in [0.5, 0.6) is 0 Å². The smallest absolute Gasteiger partial charge is 0.411 e. The number of rotatable bonds is 16. The zero-order valence-electron chi connectivity index (χ0n) is 47.4. The molecule has 3 aliphatic heterocycles. The number of carbonyl (C=O) groups is 5. The molecule has 4 aliphatic rings. The lowest BCUT2D eigenvalue weighted by atomic mass is 9.78. The molecule has 1 amide bonds. The summed E-state index contributed by atoms with van der Waals surface area (Å²) < 4.78 is 83.7. The molecule has 2 bridgehead atoms. The SMILES string of the molecule is CO[C@@H]1CC(C[C@@H](C)C2CC(=O)[C@H](C)/C=C(\C)[C@@H](O)[C@@H](OC)C(=O)[C@H](C)C[C@H](C)/C=C/C=C/C=C(\C)[C@H](OCCOCCOCC(F)(F)F)C[C@@H]3CC[C@@H](C)[C@@](O)(O3)C(=O)C(=O)N3CCCC[C@H]3C(=O)O2)CC[C@H]1OCCO. The fourth-order valence-electron chi connectivity index (χ4n) is 11.1. The second-order valence-electron chi connectivity index (χ2n) is 22.1. The van der Waals surface area contributed by atoms with Crippen molar-refractivity contribution in [1.82, 2.24) is 4.90 Å². The summed E-state index contributed by atoms with van der Waals surface area (Å²) >= 11 is 0. The van der Waals surface area contributed by atoms with Crippen LogP contribution < -0.4 is 0 Å². The van der Waals surface area contributed by atoms with Gasteiger partial charge in [0.05, 0.1) is 64.1 Å². The van der Waals surface area contributed by atoms with E-state index in [2.05, 4.69) is 4.74 Å². The zero-order chi connectivity index (χ0) is 57.7. The van der Waals surface area contributed by atoms with Crippen LogP contribution in [0.4, 0.5) is 13.2 Å². The Labute approximate surface area is 459 Å². The number of cyclic esters (lactones) is 1. The normalized spacial score (nSPS) is 35.9. The van der Waals surface area contributed by atoms with Gasteiger partial charge in [-0.15, -0.1) is 0 Å². The maximum absolute atomic E-state index is 14.6. The summed E-state index contributed by atoms with van der Waals surface area (Å²) in [5.74, 6) is -8.80. The van der Waals surface area contributed by atoms with Crippen LogP contribution in [0.25, 0.3) is 0 Å². The van der Waals surface area contributed by atoms with E-state index in [1.807, 2.05) is 39.0 Å². The van der Waals surface area contributed by atoms with E-state index >= 15 is 0 Å². The van der Waals surface area contributed by atoms with Crippen molar-refractivity contribution >= 4 is 29.2 Å². The Kier molecular flexibility index (Phi) is 28.0. The molecule has 0 aromatic heterocycles. The first-order valence-electron chi connectivity index (χ1n) is 28.0. The second-order valence-corrected chi connectivity index (χ2v) is 22.1. The molecule has 0 radical (unpaired) electrons. The van der Waals surface area contributed by atoms with Crippen molar-refractivity contribution in [3.05, 3.63) is 47.6 Å². The number of nitrogens with zero attached hydrogens (tertiary/aromatic N) is 1. The molecule has 3 fully saturated rings. The molecular formula is C58H90F3NO16. The highest BCUT2D eigenvalue weighted by atomic mass is 19.4. The highest BCUT2D eigenvalue weighted by Gasteiger charge is 2.53. The Bertz CT molecular complexity index is 2050.